The molecule has 6 nitrogen and oxygen atoms in total. The number of fused-ring (bicyclic) bond motifs is 1. The Balaban J connectivity index is 1.79. The molecule has 2 aromatic heterocycles. The minimum absolute atomic E-state index is 0.0116. The van der Waals surface area contributed by atoms with E-state index in [0.717, 1.165) is 27.2 Å². The van der Waals surface area contributed by atoms with Gasteiger partial charge in [-0.3, -0.25) is 0 Å². The summed E-state index contributed by atoms with van der Waals surface area (Å²) < 4.78 is 12.7. The number of aromatic nitrogens is 2. The molecule has 0 aliphatic carbocycles. The number of H-pyrrole nitrogens is 1. The van der Waals surface area contributed by atoms with Gasteiger partial charge in [0.15, 0.2) is 11.7 Å². The van der Waals surface area contributed by atoms with Gasteiger partial charge >= 0.3 is 0 Å². The number of anilines is 1. The molecule has 2 N–H and O–H groups in total. The standard InChI is InChI=1S/C15H11N5OS2/c1-9-2-3-11(15-14(9)10(7-17)8-18-15)19-22-12-6-13(23-20-12)21-5-4-16/h2-3,6,8,18-19H,5H2,1H3. The van der Waals surface area contributed by atoms with Crippen LogP contribution in [0.1, 0.15) is 11.1 Å². The predicted octanol–water partition coefficient (Wildman–Crippen LogP) is 3.83. The van der Waals surface area contributed by atoms with Crippen molar-refractivity contribution in [1.82, 2.24) is 9.36 Å². The van der Waals surface area contributed by atoms with Gasteiger partial charge in [-0.15, -0.1) is 0 Å². The molecule has 0 bridgehead atoms. The summed E-state index contributed by atoms with van der Waals surface area (Å²) in [6.45, 7) is 1.99. The summed E-state index contributed by atoms with van der Waals surface area (Å²) in [5.41, 5.74) is 3.45. The molecule has 0 spiro atoms. The number of hydrogen-bond acceptors (Lipinski definition) is 7. The molecule has 0 fully saturated rings. The van der Waals surface area contributed by atoms with Crippen LogP contribution >= 0.6 is 23.5 Å². The normalized spacial score (nSPS) is 10.2. The van der Waals surface area contributed by atoms with E-state index in [1.165, 1.54) is 23.5 Å². The van der Waals surface area contributed by atoms with Gasteiger partial charge in [-0.2, -0.15) is 14.9 Å². The zero-order chi connectivity index (χ0) is 16.2. The fourth-order valence-corrected chi connectivity index (χ4v) is 3.56. The van der Waals surface area contributed by atoms with Gasteiger partial charge in [-0.1, -0.05) is 6.07 Å². The van der Waals surface area contributed by atoms with E-state index < -0.39 is 0 Å². The Morgan fingerprint density at radius 2 is 2.30 bits per heavy atom. The van der Waals surface area contributed by atoms with E-state index in [1.807, 2.05) is 25.1 Å². The first-order valence-electron chi connectivity index (χ1n) is 6.63. The maximum absolute atomic E-state index is 9.18. The highest BCUT2D eigenvalue weighted by molar-refractivity contribution is 8.00. The molecule has 0 amide bonds. The molecule has 3 aromatic rings. The number of benzene rings is 1. The summed E-state index contributed by atoms with van der Waals surface area (Å²) >= 11 is 2.55. The van der Waals surface area contributed by atoms with Crippen LogP contribution in [0.3, 0.4) is 0 Å². The maximum atomic E-state index is 9.18. The number of nitriles is 2. The van der Waals surface area contributed by atoms with Crippen molar-refractivity contribution in [2.45, 2.75) is 11.9 Å². The van der Waals surface area contributed by atoms with Crippen LogP contribution in [0.4, 0.5) is 5.69 Å². The lowest BCUT2D eigenvalue weighted by molar-refractivity contribution is 0.378. The van der Waals surface area contributed by atoms with Crippen LogP contribution in [0.15, 0.2) is 29.4 Å². The Kier molecular flexibility index (Phi) is 4.38. The van der Waals surface area contributed by atoms with E-state index in [9.17, 15) is 5.26 Å². The van der Waals surface area contributed by atoms with Gasteiger partial charge in [0.1, 0.15) is 17.2 Å². The summed E-state index contributed by atoms with van der Waals surface area (Å²) in [7, 11) is 0. The summed E-state index contributed by atoms with van der Waals surface area (Å²) in [5.74, 6) is 0. The zero-order valence-electron chi connectivity index (χ0n) is 12.1. The quantitative estimate of drug-likeness (QED) is 0.685. The topological polar surface area (TPSA) is 97.5 Å². The fraction of sp³-hybridized carbons (Fsp3) is 0.133. The Labute approximate surface area is 141 Å². The second kappa shape index (κ2) is 6.61. The van der Waals surface area contributed by atoms with Crippen molar-refractivity contribution in [2.75, 3.05) is 11.3 Å². The lowest BCUT2D eigenvalue weighted by atomic mass is 10.1. The highest BCUT2D eigenvalue weighted by Gasteiger charge is 2.11. The van der Waals surface area contributed by atoms with Crippen LogP contribution in [0, 0.1) is 29.6 Å². The van der Waals surface area contributed by atoms with Crippen LogP contribution in [-0.4, -0.2) is 16.0 Å². The van der Waals surface area contributed by atoms with Gasteiger partial charge in [-0.05, 0) is 18.6 Å². The molecular formula is C15H11N5OS2. The summed E-state index contributed by atoms with van der Waals surface area (Å²) in [5, 5.41) is 20.0. The summed E-state index contributed by atoms with van der Waals surface area (Å²) in [4.78, 5) is 3.14. The predicted molar refractivity (Wildman–Crippen MR) is 90.5 cm³/mol. The number of ether oxygens (including phenoxy) is 1. The molecule has 8 heteroatoms. The molecule has 2 heterocycles. The molecule has 0 saturated carbocycles. The number of aromatic amines is 1. The molecule has 0 atom stereocenters. The van der Waals surface area contributed by atoms with Crippen LogP contribution in [0.25, 0.3) is 10.9 Å². The Hall–Kier alpha value is -2.68. The Bertz CT molecular complexity index is 932. The molecule has 0 unspecified atom stereocenters. The van der Waals surface area contributed by atoms with E-state index in [-0.39, 0.29) is 6.61 Å². The smallest absolute Gasteiger partial charge is 0.195 e. The highest BCUT2D eigenvalue weighted by Crippen LogP contribution is 2.32. The van der Waals surface area contributed by atoms with Crippen molar-refractivity contribution in [1.29, 1.82) is 10.5 Å². The second-order valence-corrected chi connectivity index (χ2v) is 6.22. The Morgan fingerprint density at radius 1 is 1.43 bits per heavy atom. The third-order valence-electron chi connectivity index (χ3n) is 3.18. The lowest BCUT2D eigenvalue weighted by Gasteiger charge is -2.06. The van der Waals surface area contributed by atoms with Gasteiger partial charge < -0.3 is 14.4 Å². The number of nitrogens with zero attached hydrogens (tertiary/aromatic N) is 3. The molecule has 3 rings (SSSR count). The first-order chi connectivity index (χ1) is 11.2. The SMILES string of the molecule is Cc1ccc(NSc2cc(OCC#N)sn2)c2[nH]cc(C#N)c12. The van der Waals surface area contributed by atoms with Crippen LogP contribution < -0.4 is 9.46 Å². The Morgan fingerprint density at radius 3 is 3.09 bits per heavy atom. The largest absolute Gasteiger partial charge is 0.468 e. The minimum atomic E-state index is 0.0116. The third kappa shape index (κ3) is 3.09. The van der Waals surface area contributed by atoms with Gasteiger partial charge in [0.05, 0.1) is 16.8 Å². The third-order valence-corrected chi connectivity index (χ3v) is 4.74. The molecule has 0 saturated heterocycles. The van der Waals surface area contributed by atoms with Crippen molar-refractivity contribution in [3.63, 3.8) is 0 Å². The van der Waals surface area contributed by atoms with Crippen LogP contribution in [0.5, 0.6) is 5.06 Å². The first kappa shape index (κ1) is 15.2. The van der Waals surface area contributed by atoms with Crippen molar-refractivity contribution in [2.24, 2.45) is 0 Å². The number of hydrogen-bond donors (Lipinski definition) is 2. The van der Waals surface area contributed by atoms with Gasteiger partial charge in [-0.25, -0.2) is 0 Å². The van der Waals surface area contributed by atoms with Gasteiger partial charge in [0.2, 0.25) is 0 Å². The molecule has 0 radical (unpaired) electrons. The van der Waals surface area contributed by atoms with Gasteiger partial charge in [0, 0.05) is 41.1 Å². The van der Waals surface area contributed by atoms with Crippen molar-refractivity contribution >= 4 is 40.1 Å². The summed E-state index contributed by atoms with van der Waals surface area (Å²) in [6, 6.07) is 9.83. The summed E-state index contributed by atoms with van der Waals surface area (Å²) in [6.07, 6.45) is 1.71. The zero-order valence-corrected chi connectivity index (χ0v) is 13.7. The second-order valence-electron chi connectivity index (χ2n) is 4.63. The molecule has 23 heavy (non-hydrogen) atoms. The molecule has 0 aliphatic rings. The first-order valence-corrected chi connectivity index (χ1v) is 8.22. The average Bonchev–Trinajstić information content (AvgIpc) is 3.19. The van der Waals surface area contributed by atoms with E-state index in [1.54, 1.807) is 12.3 Å². The average molecular weight is 341 g/mol. The van der Waals surface area contributed by atoms with E-state index >= 15 is 0 Å². The molecule has 1 aromatic carbocycles. The maximum Gasteiger partial charge on any atom is 0.195 e. The van der Waals surface area contributed by atoms with Crippen LogP contribution in [-0.2, 0) is 0 Å². The van der Waals surface area contributed by atoms with E-state index in [0.29, 0.717) is 10.6 Å². The minimum Gasteiger partial charge on any atom is -0.468 e. The van der Waals surface area contributed by atoms with Crippen LogP contribution in [0.2, 0.25) is 0 Å². The number of aryl methyl sites for hydroxylation is 1. The van der Waals surface area contributed by atoms with E-state index in [4.69, 9.17) is 10.00 Å². The lowest BCUT2D eigenvalue weighted by Crippen LogP contribution is -1.90. The van der Waals surface area contributed by atoms with Gasteiger partial charge in [0.25, 0.3) is 0 Å². The highest BCUT2D eigenvalue weighted by atomic mass is 32.2. The number of nitrogens with one attached hydrogen (secondary N) is 2. The fourth-order valence-electron chi connectivity index (χ4n) is 2.16. The number of rotatable bonds is 5. The molecular weight excluding hydrogens is 330 g/mol. The van der Waals surface area contributed by atoms with Crippen molar-refractivity contribution in [3.05, 3.63) is 35.5 Å². The monoisotopic (exact) mass is 341 g/mol. The van der Waals surface area contributed by atoms with Crippen molar-refractivity contribution < 1.29 is 4.74 Å². The van der Waals surface area contributed by atoms with Crippen molar-refractivity contribution in [3.8, 4) is 17.2 Å². The molecule has 114 valence electrons. The van der Waals surface area contributed by atoms with E-state index in [2.05, 4.69) is 20.1 Å². The molecule has 0 aliphatic heterocycles.